The second-order valence-corrected chi connectivity index (χ2v) is 11.1. The lowest BCUT2D eigenvalue weighted by Crippen LogP contribution is -2.35. The van der Waals surface area contributed by atoms with Crippen LogP contribution in [0.25, 0.3) is 22.4 Å². The zero-order chi connectivity index (χ0) is 30.5. The third kappa shape index (κ3) is 6.85. The highest BCUT2D eigenvalue weighted by atomic mass is 19.1. The normalized spacial score (nSPS) is 16.5. The number of ether oxygens (including phenoxy) is 2. The van der Waals surface area contributed by atoms with Crippen LogP contribution in [0.2, 0.25) is 0 Å². The van der Waals surface area contributed by atoms with Gasteiger partial charge in [0.25, 0.3) is 5.91 Å². The number of amides is 1. The van der Waals surface area contributed by atoms with Crippen LogP contribution in [0, 0.1) is 5.82 Å². The molecule has 1 N–H and O–H groups in total. The number of para-hydroxylation sites is 1. The predicted molar refractivity (Wildman–Crippen MR) is 163 cm³/mol. The molecule has 222 valence electrons. The summed E-state index contributed by atoms with van der Waals surface area (Å²) in [5.41, 5.74) is 5.12. The van der Waals surface area contributed by atoms with Crippen molar-refractivity contribution in [3.05, 3.63) is 102 Å². The third-order valence-electron chi connectivity index (χ3n) is 7.51. The average molecular weight is 583 g/mol. The number of cyclic esters (lactones) is 1. The molecule has 7 nitrogen and oxygen atoms in total. The summed E-state index contributed by atoms with van der Waals surface area (Å²) >= 11 is 0. The quantitative estimate of drug-likeness (QED) is 0.208. The largest absolute Gasteiger partial charge is 0.462 e. The van der Waals surface area contributed by atoms with Crippen molar-refractivity contribution in [2.75, 3.05) is 5.32 Å². The van der Waals surface area contributed by atoms with Crippen molar-refractivity contribution in [1.82, 2.24) is 4.57 Å². The van der Waals surface area contributed by atoms with E-state index in [-0.39, 0.29) is 24.1 Å². The van der Waals surface area contributed by atoms with Crippen molar-refractivity contribution in [3.8, 4) is 22.4 Å². The zero-order valence-electron chi connectivity index (χ0n) is 24.5. The van der Waals surface area contributed by atoms with Gasteiger partial charge in [-0.15, -0.1) is 0 Å². The van der Waals surface area contributed by atoms with Gasteiger partial charge >= 0.3 is 11.9 Å². The molecule has 0 saturated carbocycles. The molecule has 1 aliphatic heterocycles. The van der Waals surface area contributed by atoms with Crippen LogP contribution in [-0.4, -0.2) is 34.6 Å². The first-order chi connectivity index (χ1) is 20.7. The Bertz CT molecular complexity index is 1590. The Morgan fingerprint density at radius 3 is 2.26 bits per heavy atom. The van der Waals surface area contributed by atoms with Gasteiger partial charge in [-0.3, -0.25) is 14.4 Å². The number of rotatable bonds is 9. The van der Waals surface area contributed by atoms with Gasteiger partial charge in [0, 0.05) is 43.3 Å². The number of anilines is 1. The number of carbonyl (C=O) groups is 3. The van der Waals surface area contributed by atoms with Gasteiger partial charge in [0.15, 0.2) is 0 Å². The van der Waals surface area contributed by atoms with E-state index < -0.39 is 24.1 Å². The van der Waals surface area contributed by atoms with Crippen LogP contribution in [0.15, 0.2) is 84.9 Å². The molecule has 0 bridgehead atoms. The highest BCUT2D eigenvalue weighted by Gasteiger charge is 2.33. The van der Waals surface area contributed by atoms with E-state index in [0.29, 0.717) is 30.6 Å². The molecule has 2 atom stereocenters. The third-order valence-corrected chi connectivity index (χ3v) is 7.51. The van der Waals surface area contributed by atoms with Gasteiger partial charge in [-0.25, -0.2) is 4.39 Å². The summed E-state index contributed by atoms with van der Waals surface area (Å²) in [7, 11) is 0. The number of nitrogens with one attached hydrogen (secondary N) is 1. The minimum Gasteiger partial charge on any atom is -0.462 e. The summed E-state index contributed by atoms with van der Waals surface area (Å²) in [6, 6.07) is 25.2. The van der Waals surface area contributed by atoms with Crippen molar-refractivity contribution >= 4 is 23.5 Å². The number of esters is 2. The minimum atomic E-state index is -0.540. The summed E-state index contributed by atoms with van der Waals surface area (Å²) in [5.74, 6) is -1.54. The van der Waals surface area contributed by atoms with Crippen molar-refractivity contribution in [1.29, 1.82) is 0 Å². The molecule has 5 rings (SSSR count). The maximum atomic E-state index is 14.2. The van der Waals surface area contributed by atoms with Gasteiger partial charge in [0.05, 0.1) is 17.7 Å². The number of nitrogens with zero attached hydrogens (tertiary/aromatic N) is 1. The molecule has 3 aromatic carbocycles. The number of hydrogen-bond donors (Lipinski definition) is 1. The molecule has 0 spiro atoms. The Balaban J connectivity index is 1.66. The van der Waals surface area contributed by atoms with E-state index in [1.165, 1.54) is 19.1 Å². The van der Waals surface area contributed by atoms with E-state index in [9.17, 15) is 18.8 Å². The Morgan fingerprint density at radius 1 is 0.977 bits per heavy atom. The number of aromatic nitrogens is 1. The molecular weight excluding hydrogens is 547 g/mol. The molecule has 0 aliphatic carbocycles. The van der Waals surface area contributed by atoms with Gasteiger partial charge in [-0.05, 0) is 53.4 Å². The Morgan fingerprint density at radius 2 is 1.63 bits per heavy atom. The van der Waals surface area contributed by atoms with Crippen LogP contribution >= 0.6 is 0 Å². The monoisotopic (exact) mass is 582 g/mol. The first-order valence-electron chi connectivity index (χ1n) is 14.5. The van der Waals surface area contributed by atoms with Crippen LogP contribution in [0.3, 0.4) is 0 Å². The van der Waals surface area contributed by atoms with E-state index in [4.69, 9.17) is 9.47 Å². The first-order valence-corrected chi connectivity index (χ1v) is 14.5. The standard InChI is InChI=1S/C35H35FN2O5/c1-22(2)33-32(35(41)37-27-12-8-5-9-13-27)31(24-10-6-4-7-11-24)34(25-14-16-26(36)17-15-25)38(33)19-18-28-20-29(42-23(3)39)21-30(40)43-28/h4-17,22,28-29H,18-21H2,1-3H3,(H,37,41). The summed E-state index contributed by atoms with van der Waals surface area (Å²) in [6.07, 6.45) is -0.167. The topological polar surface area (TPSA) is 86.6 Å². The Kier molecular flexibility index (Phi) is 9.04. The Labute approximate surface area is 250 Å². The number of benzene rings is 3. The fraction of sp³-hybridized carbons (Fsp3) is 0.286. The van der Waals surface area contributed by atoms with Crippen LogP contribution in [0.1, 0.15) is 62.0 Å². The SMILES string of the molecule is CC(=O)OC1CC(=O)OC(CCn2c(-c3ccc(F)cc3)c(-c3ccccc3)c(C(=O)Nc3ccccc3)c2C(C)C)C1. The molecule has 4 aromatic rings. The van der Waals surface area contributed by atoms with Crippen molar-refractivity contribution in [3.63, 3.8) is 0 Å². The molecule has 43 heavy (non-hydrogen) atoms. The molecule has 1 fully saturated rings. The van der Waals surface area contributed by atoms with Gasteiger partial charge in [0.2, 0.25) is 0 Å². The Hall–Kier alpha value is -4.72. The van der Waals surface area contributed by atoms with E-state index in [1.54, 1.807) is 12.1 Å². The van der Waals surface area contributed by atoms with Crippen LogP contribution in [0.5, 0.6) is 0 Å². The molecule has 8 heteroatoms. The second kappa shape index (κ2) is 13.1. The summed E-state index contributed by atoms with van der Waals surface area (Å²) in [4.78, 5) is 38.1. The van der Waals surface area contributed by atoms with E-state index >= 15 is 0 Å². The number of carbonyl (C=O) groups excluding carboxylic acids is 3. The fourth-order valence-electron chi connectivity index (χ4n) is 5.83. The lowest BCUT2D eigenvalue weighted by Gasteiger charge is -2.29. The van der Waals surface area contributed by atoms with Gasteiger partial charge < -0.3 is 19.4 Å². The van der Waals surface area contributed by atoms with Gasteiger partial charge in [-0.1, -0.05) is 62.4 Å². The first kappa shape index (κ1) is 29.8. The predicted octanol–water partition coefficient (Wildman–Crippen LogP) is 7.36. The highest BCUT2D eigenvalue weighted by molar-refractivity contribution is 6.12. The van der Waals surface area contributed by atoms with E-state index in [0.717, 1.165) is 28.1 Å². The van der Waals surface area contributed by atoms with Gasteiger partial charge in [0.1, 0.15) is 18.0 Å². The maximum Gasteiger partial charge on any atom is 0.309 e. The molecule has 0 radical (unpaired) electrons. The summed E-state index contributed by atoms with van der Waals surface area (Å²) in [5, 5.41) is 3.07. The van der Waals surface area contributed by atoms with Gasteiger partial charge in [-0.2, -0.15) is 0 Å². The average Bonchev–Trinajstić information content (AvgIpc) is 3.32. The van der Waals surface area contributed by atoms with Crippen LogP contribution in [-0.2, 0) is 25.6 Å². The van der Waals surface area contributed by atoms with Crippen LogP contribution in [0.4, 0.5) is 10.1 Å². The van der Waals surface area contributed by atoms with Crippen LogP contribution < -0.4 is 5.32 Å². The smallest absolute Gasteiger partial charge is 0.309 e. The molecular formula is C35H35FN2O5. The lowest BCUT2D eigenvalue weighted by atomic mass is 9.94. The molecule has 2 unspecified atom stereocenters. The summed E-state index contributed by atoms with van der Waals surface area (Å²) < 4.78 is 27.2. The number of halogens is 1. The van der Waals surface area contributed by atoms with Crippen molar-refractivity contribution in [2.24, 2.45) is 0 Å². The molecule has 1 aliphatic rings. The van der Waals surface area contributed by atoms with Crippen molar-refractivity contribution < 1.29 is 28.2 Å². The summed E-state index contributed by atoms with van der Waals surface area (Å²) in [6.45, 7) is 5.80. The highest BCUT2D eigenvalue weighted by Crippen LogP contribution is 2.43. The maximum absolute atomic E-state index is 14.2. The van der Waals surface area contributed by atoms with E-state index in [1.807, 2.05) is 74.5 Å². The lowest BCUT2D eigenvalue weighted by molar-refractivity contribution is -0.168. The zero-order valence-corrected chi connectivity index (χ0v) is 24.5. The van der Waals surface area contributed by atoms with Crippen molar-refractivity contribution in [2.45, 2.75) is 64.7 Å². The minimum absolute atomic E-state index is 0.0274. The second-order valence-electron chi connectivity index (χ2n) is 11.1. The molecule has 1 saturated heterocycles. The molecule has 1 amide bonds. The molecule has 1 aromatic heterocycles. The van der Waals surface area contributed by atoms with E-state index in [2.05, 4.69) is 9.88 Å². The molecule has 2 heterocycles. The number of hydrogen-bond acceptors (Lipinski definition) is 5. The fourth-order valence-corrected chi connectivity index (χ4v) is 5.83.